The van der Waals surface area contributed by atoms with E-state index in [0.717, 1.165) is 11.4 Å². The summed E-state index contributed by atoms with van der Waals surface area (Å²) >= 11 is 0. The predicted molar refractivity (Wildman–Crippen MR) is 90.6 cm³/mol. The van der Waals surface area contributed by atoms with Gasteiger partial charge in [0.1, 0.15) is 11.6 Å². The molecule has 4 rings (SSSR count). The van der Waals surface area contributed by atoms with Gasteiger partial charge in [0.15, 0.2) is 5.65 Å². The lowest BCUT2D eigenvalue weighted by Gasteiger charge is -2.09. The monoisotopic (exact) mass is 332 g/mol. The molecule has 0 atom stereocenters. The smallest absolute Gasteiger partial charge is 0.384 e. The molecular formula is C17H12N6O2. The van der Waals surface area contributed by atoms with Crippen molar-refractivity contribution in [3.63, 3.8) is 0 Å². The number of hydrogen-bond donors (Lipinski definition) is 2. The quantitative estimate of drug-likeness (QED) is 0.555. The van der Waals surface area contributed by atoms with Crippen molar-refractivity contribution in [3.05, 3.63) is 65.5 Å². The van der Waals surface area contributed by atoms with Crippen molar-refractivity contribution < 1.29 is 5.21 Å². The zero-order valence-corrected chi connectivity index (χ0v) is 13.1. The van der Waals surface area contributed by atoms with Crippen LogP contribution < -0.4 is 11.0 Å². The number of fused-ring (bicyclic) bond motifs is 1. The van der Waals surface area contributed by atoms with Crippen LogP contribution in [0.15, 0.2) is 47.7 Å². The van der Waals surface area contributed by atoms with E-state index in [1.165, 1.54) is 6.20 Å². The predicted octanol–water partition coefficient (Wildman–Crippen LogP) is 1.77. The molecule has 0 unspecified atom stereocenters. The van der Waals surface area contributed by atoms with Gasteiger partial charge >= 0.3 is 5.69 Å². The summed E-state index contributed by atoms with van der Waals surface area (Å²) in [6, 6.07) is 12.8. The Morgan fingerprint density at radius 1 is 1.28 bits per heavy atom. The van der Waals surface area contributed by atoms with Crippen LogP contribution in [0.4, 0.5) is 11.5 Å². The zero-order chi connectivity index (χ0) is 17.4. The Hall–Kier alpha value is -3.86. The number of aryl methyl sites for hydroxylation is 1. The Labute approximate surface area is 142 Å². The molecule has 0 aliphatic heterocycles. The highest BCUT2D eigenvalue weighted by atomic mass is 16.5. The molecule has 4 aromatic rings. The highest BCUT2D eigenvalue weighted by Crippen LogP contribution is 2.23. The minimum atomic E-state index is -0.815. The highest BCUT2D eigenvalue weighted by molar-refractivity contribution is 5.88. The van der Waals surface area contributed by atoms with Crippen LogP contribution in [0.5, 0.6) is 0 Å². The van der Waals surface area contributed by atoms with E-state index in [0.29, 0.717) is 21.6 Å². The van der Waals surface area contributed by atoms with E-state index >= 15 is 0 Å². The van der Waals surface area contributed by atoms with Gasteiger partial charge in [-0.3, -0.25) is 0 Å². The van der Waals surface area contributed by atoms with Crippen LogP contribution in [0.2, 0.25) is 0 Å². The van der Waals surface area contributed by atoms with Gasteiger partial charge in [-0.25, -0.2) is 14.8 Å². The third-order valence-electron chi connectivity index (χ3n) is 3.69. The van der Waals surface area contributed by atoms with Crippen LogP contribution in [0.25, 0.3) is 22.4 Å². The van der Waals surface area contributed by atoms with Crippen LogP contribution in [-0.2, 0) is 7.05 Å². The second kappa shape index (κ2) is 5.65. The third-order valence-corrected chi connectivity index (χ3v) is 3.69. The fourth-order valence-corrected chi connectivity index (χ4v) is 2.52. The first-order chi connectivity index (χ1) is 12.1. The Morgan fingerprint density at radius 2 is 2.16 bits per heavy atom. The van der Waals surface area contributed by atoms with Gasteiger partial charge in [-0.2, -0.15) is 4.98 Å². The summed E-state index contributed by atoms with van der Waals surface area (Å²) in [5.41, 5.74) is 0.713. The number of nitrogens with zero attached hydrogens (tertiary/aromatic N) is 5. The molecule has 0 spiro atoms. The molecule has 122 valence electrons. The van der Waals surface area contributed by atoms with Gasteiger partial charge in [0, 0.05) is 37.4 Å². The first-order valence-electron chi connectivity index (χ1n) is 7.38. The van der Waals surface area contributed by atoms with Crippen molar-refractivity contribution in [1.82, 2.24) is 24.2 Å². The Bertz CT molecular complexity index is 1130. The fourth-order valence-electron chi connectivity index (χ4n) is 2.52. The van der Waals surface area contributed by atoms with Gasteiger partial charge in [0.25, 0.3) is 0 Å². The molecule has 8 nitrogen and oxygen atoms in total. The molecule has 3 heterocycles. The lowest BCUT2D eigenvalue weighted by molar-refractivity contribution is 0.182. The van der Waals surface area contributed by atoms with Crippen molar-refractivity contribution in [3.8, 4) is 11.4 Å². The van der Waals surface area contributed by atoms with E-state index in [4.69, 9.17) is 0 Å². The summed E-state index contributed by atoms with van der Waals surface area (Å²) in [5.74, 6) is 1.04. The maximum absolute atomic E-state index is 11.8. The fraction of sp³-hybridized carbons (Fsp3) is 0.0588. The molecule has 0 saturated heterocycles. The number of anilines is 2. The molecule has 3 aromatic heterocycles. The van der Waals surface area contributed by atoms with E-state index in [9.17, 15) is 10.0 Å². The number of rotatable bonds is 3. The number of pyridine rings is 1. The van der Waals surface area contributed by atoms with Crippen LogP contribution in [0.3, 0.4) is 0 Å². The molecule has 0 bridgehead atoms. The lowest BCUT2D eigenvalue weighted by Crippen LogP contribution is -2.23. The lowest BCUT2D eigenvalue weighted by atomic mass is 10.2. The van der Waals surface area contributed by atoms with Gasteiger partial charge in [-0.05, 0) is 18.2 Å². The number of nitrogens with one attached hydrogen (secondary N) is 1. The molecule has 0 amide bonds. The standard InChI is InChI=1S/C17H12N6O2/c1-22-9-8-19-15(22)11-4-2-5-12(10-11)20-14-13-6-3-7-18-16(13)23(25)17(24)21-14/h3,5-10,25H,1H3,(H,20,21,24). The van der Waals surface area contributed by atoms with E-state index in [1.54, 1.807) is 24.4 Å². The summed E-state index contributed by atoms with van der Waals surface area (Å²) in [6.07, 6.45) is 5.03. The van der Waals surface area contributed by atoms with Gasteiger partial charge < -0.3 is 15.1 Å². The van der Waals surface area contributed by atoms with Crippen molar-refractivity contribution in [2.75, 3.05) is 5.32 Å². The maximum atomic E-state index is 11.8. The SMILES string of the molecule is Cn1ccnc1-c1c#ccc(Nc2nc(=O)n(O)c3ncccc23)c1. The Balaban J connectivity index is 1.79. The molecule has 0 saturated carbocycles. The van der Waals surface area contributed by atoms with Crippen molar-refractivity contribution in [1.29, 1.82) is 0 Å². The second-order valence-electron chi connectivity index (χ2n) is 5.34. The van der Waals surface area contributed by atoms with Crippen molar-refractivity contribution >= 4 is 22.5 Å². The van der Waals surface area contributed by atoms with E-state index < -0.39 is 5.69 Å². The molecule has 1 aromatic carbocycles. The molecule has 2 N–H and O–H groups in total. The van der Waals surface area contributed by atoms with Crippen molar-refractivity contribution in [2.24, 2.45) is 7.05 Å². The van der Waals surface area contributed by atoms with E-state index in [1.807, 2.05) is 23.9 Å². The minimum absolute atomic E-state index is 0.126. The van der Waals surface area contributed by atoms with Crippen LogP contribution in [0.1, 0.15) is 0 Å². The van der Waals surface area contributed by atoms with Gasteiger partial charge in [-0.1, -0.05) is 12.1 Å². The Kier molecular flexibility index (Phi) is 3.32. The summed E-state index contributed by atoms with van der Waals surface area (Å²) < 4.78 is 2.29. The normalized spacial score (nSPS) is 10.6. The van der Waals surface area contributed by atoms with E-state index in [2.05, 4.69) is 32.4 Å². The molecular weight excluding hydrogens is 320 g/mol. The zero-order valence-electron chi connectivity index (χ0n) is 13.1. The summed E-state index contributed by atoms with van der Waals surface area (Å²) in [4.78, 5) is 24.0. The first kappa shape index (κ1) is 14.7. The molecule has 0 fully saturated rings. The summed E-state index contributed by atoms with van der Waals surface area (Å²) in [5, 5.41) is 13.4. The molecule has 0 radical (unpaired) electrons. The molecule has 0 aliphatic rings. The van der Waals surface area contributed by atoms with Crippen LogP contribution in [0, 0.1) is 12.1 Å². The van der Waals surface area contributed by atoms with Gasteiger partial charge in [0.05, 0.1) is 10.9 Å². The molecule has 25 heavy (non-hydrogen) atoms. The average Bonchev–Trinajstić information content (AvgIpc) is 3.06. The Morgan fingerprint density at radius 3 is 2.96 bits per heavy atom. The summed E-state index contributed by atoms with van der Waals surface area (Å²) in [6.45, 7) is 0. The van der Waals surface area contributed by atoms with E-state index in [-0.39, 0.29) is 5.65 Å². The number of imidazole rings is 1. The largest absolute Gasteiger partial charge is 0.422 e. The topological polar surface area (TPSA) is 97.9 Å². The van der Waals surface area contributed by atoms with Crippen LogP contribution in [-0.4, -0.2) is 29.5 Å². The number of hydrogen-bond acceptors (Lipinski definition) is 6. The third kappa shape index (κ3) is 2.53. The maximum Gasteiger partial charge on any atom is 0.384 e. The highest BCUT2D eigenvalue weighted by Gasteiger charge is 2.11. The van der Waals surface area contributed by atoms with Crippen molar-refractivity contribution in [2.45, 2.75) is 0 Å². The second-order valence-corrected chi connectivity index (χ2v) is 5.34. The minimum Gasteiger partial charge on any atom is -0.422 e. The van der Waals surface area contributed by atoms with Gasteiger partial charge in [-0.15, -0.1) is 4.73 Å². The average molecular weight is 332 g/mol. The first-order valence-corrected chi connectivity index (χ1v) is 7.38. The van der Waals surface area contributed by atoms with Gasteiger partial charge in [0.2, 0.25) is 0 Å². The number of aromatic nitrogens is 5. The molecule has 0 aliphatic carbocycles. The summed E-state index contributed by atoms with van der Waals surface area (Å²) in [7, 11) is 1.89. The molecule has 8 heteroatoms. The van der Waals surface area contributed by atoms with Crippen LogP contribution >= 0.6 is 0 Å².